The summed E-state index contributed by atoms with van der Waals surface area (Å²) in [6.07, 6.45) is 3.25. The van der Waals surface area contributed by atoms with Crippen molar-refractivity contribution in [2.45, 2.75) is 38.6 Å². The second kappa shape index (κ2) is 9.80. The molecule has 0 radical (unpaired) electrons. The number of amides is 1. The van der Waals surface area contributed by atoms with E-state index in [4.69, 9.17) is 0 Å². The van der Waals surface area contributed by atoms with Crippen LogP contribution in [0.4, 0.5) is 0 Å². The van der Waals surface area contributed by atoms with Gasteiger partial charge in [0, 0.05) is 13.0 Å². The third kappa shape index (κ3) is 5.40. The predicted molar refractivity (Wildman–Crippen MR) is 118 cm³/mol. The molecule has 1 aromatic heterocycles. The van der Waals surface area contributed by atoms with Crippen LogP contribution in [0, 0.1) is 0 Å². The molecule has 1 heterocycles. The maximum atomic E-state index is 12.3. The highest BCUT2D eigenvalue weighted by Gasteiger charge is 2.15. The largest absolute Gasteiger partial charge is 0.354 e. The van der Waals surface area contributed by atoms with E-state index < -0.39 is 0 Å². The van der Waals surface area contributed by atoms with Crippen molar-refractivity contribution in [1.82, 2.24) is 15.2 Å². The van der Waals surface area contributed by atoms with Crippen molar-refractivity contribution in [3.05, 3.63) is 64.7 Å². The van der Waals surface area contributed by atoms with Gasteiger partial charge in [-0.25, -0.2) is 4.98 Å². The van der Waals surface area contributed by atoms with E-state index in [0.717, 1.165) is 29.8 Å². The third-order valence-electron chi connectivity index (χ3n) is 5.02. The molecular weight excluding hydrogens is 366 g/mol. The average molecular weight is 396 g/mol. The second-order valence-electron chi connectivity index (χ2n) is 7.31. The van der Waals surface area contributed by atoms with Gasteiger partial charge in [-0.2, -0.15) is 0 Å². The van der Waals surface area contributed by atoms with Crippen molar-refractivity contribution >= 4 is 27.5 Å². The highest BCUT2D eigenvalue weighted by Crippen LogP contribution is 2.23. The number of aryl methyl sites for hydroxylation is 2. The third-order valence-corrected chi connectivity index (χ3v) is 6.12. The first-order valence-electron chi connectivity index (χ1n) is 9.93. The van der Waals surface area contributed by atoms with Crippen LogP contribution in [0.5, 0.6) is 0 Å². The molecule has 0 fully saturated rings. The summed E-state index contributed by atoms with van der Waals surface area (Å²) in [4.78, 5) is 19.1. The predicted octanol–water partition coefficient (Wildman–Crippen LogP) is 4.60. The van der Waals surface area contributed by atoms with Crippen LogP contribution in [-0.4, -0.2) is 36.4 Å². The molecule has 1 N–H and O–H groups in total. The minimum absolute atomic E-state index is 0.109. The minimum Gasteiger partial charge on any atom is -0.354 e. The number of para-hydroxylation sites is 1. The molecule has 0 aliphatic carbocycles. The van der Waals surface area contributed by atoms with E-state index in [9.17, 15) is 4.79 Å². The monoisotopic (exact) mass is 395 g/mol. The molecule has 3 rings (SSSR count). The maximum absolute atomic E-state index is 12.3. The Hall–Kier alpha value is -2.24. The van der Waals surface area contributed by atoms with Gasteiger partial charge in [-0.1, -0.05) is 43.3 Å². The van der Waals surface area contributed by atoms with Gasteiger partial charge in [0.1, 0.15) is 0 Å². The zero-order valence-electron chi connectivity index (χ0n) is 16.9. The number of thiazole rings is 1. The first kappa shape index (κ1) is 20.5. The van der Waals surface area contributed by atoms with Crippen LogP contribution in [0.15, 0.2) is 48.5 Å². The first-order valence-corrected chi connectivity index (χ1v) is 10.7. The maximum Gasteiger partial charge on any atom is 0.220 e. The molecule has 0 saturated carbocycles. The van der Waals surface area contributed by atoms with E-state index >= 15 is 0 Å². The molecule has 0 saturated heterocycles. The Balaban J connectivity index is 1.47. The number of fused-ring (bicyclic) bond motifs is 1. The quantitative estimate of drug-likeness (QED) is 0.576. The van der Waals surface area contributed by atoms with E-state index in [1.165, 1.54) is 15.8 Å². The first-order chi connectivity index (χ1) is 13.6. The van der Waals surface area contributed by atoms with Crippen LogP contribution in [0.2, 0.25) is 0 Å². The van der Waals surface area contributed by atoms with E-state index in [2.05, 4.69) is 66.6 Å². The van der Waals surface area contributed by atoms with E-state index in [0.29, 0.717) is 13.0 Å². The topological polar surface area (TPSA) is 45.2 Å². The van der Waals surface area contributed by atoms with Gasteiger partial charge in [0.05, 0.1) is 21.3 Å². The van der Waals surface area contributed by atoms with Crippen molar-refractivity contribution in [2.24, 2.45) is 0 Å². The lowest BCUT2D eigenvalue weighted by molar-refractivity contribution is -0.121. The van der Waals surface area contributed by atoms with Gasteiger partial charge >= 0.3 is 0 Å². The number of nitrogens with one attached hydrogen (secondary N) is 1. The highest BCUT2D eigenvalue weighted by atomic mass is 32.1. The number of carbonyl (C=O) groups excluding carboxylic acids is 1. The molecule has 5 heteroatoms. The van der Waals surface area contributed by atoms with Crippen molar-refractivity contribution < 1.29 is 4.79 Å². The zero-order valence-corrected chi connectivity index (χ0v) is 17.8. The summed E-state index contributed by atoms with van der Waals surface area (Å²) < 4.78 is 1.21. The molecule has 28 heavy (non-hydrogen) atoms. The minimum atomic E-state index is 0.109. The molecule has 148 valence electrons. The van der Waals surface area contributed by atoms with Crippen LogP contribution in [0.25, 0.3) is 10.2 Å². The van der Waals surface area contributed by atoms with Gasteiger partial charge in [-0.3, -0.25) is 4.79 Å². The molecule has 0 aliphatic heterocycles. The molecule has 0 bridgehead atoms. The molecule has 2 aromatic carbocycles. The Bertz CT molecular complexity index is 869. The number of rotatable bonds is 9. The summed E-state index contributed by atoms with van der Waals surface area (Å²) >= 11 is 1.72. The molecule has 0 spiro atoms. The lowest BCUT2D eigenvalue weighted by atomic mass is 10.0. The lowest BCUT2D eigenvalue weighted by Crippen LogP contribution is -2.34. The summed E-state index contributed by atoms with van der Waals surface area (Å²) in [5.74, 6) is 0.109. The van der Waals surface area contributed by atoms with E-state index in [-0.39, 0.29) is 11.9 Å². The number of carbonyl (C=O) groups is 1. The Labute approximate surface area is 171 Å². The van der Waals surface area contributed by atoms with Crippen molar-refractivity contribution in [3.8, 4) is 0 Å². The molecule has 1 amide bonds. The molecular formula is C23H29N3OS. The van der Waals surface area contributed by atoms with Crippen molar-refractivity contribution in [1.29, 1.82) is 0 Å². The highest BCUT2D eigenvalue weighted by molar-refractivity contribution is 7.18. The van der Waals surface area contributed by atoms with Crippen molar-refractivity contribution in [3.63, 3.8) is 0 Å². The standard InChI is InChI=1S/C23H29N3OS/c1-4-17-12-14-18(15-13-17)20(26(2)3)16-24-22(27)10-7-11-23-25-19-8-5-6-9-21(19)28-23/h5-6,8-9,12-15,20H,4,7,10-11,16H2,1-3H3,(H,24,27). The zero-order chi connectivity index (χ0) is 19.9. The average Bonchev–Trinajstić information content (AvgIpc) is 3.11. The summed E-state index contributed by atoms with van der Waals surface area (Å²) in [6, 6.07) is 17.0. The van der Waals surface area contributed by atoms with E-state index in [1.807, 2.05) is 18.2 Å². The van der Waals surface area contributed by atoms with Gasteiger partial charge in [0.15, 0.2) is 0 Å². The normalized spacial score (nSPS) is 12.4. The number of likely N-dealkylation sites (N-methyl/N-ethyl adjacent to an activating group) is 1. The van der Waals surface area contributed by atoms with Crippen LogP contribution in [0.3, 0.4) is 0 Å². The molecule has 1 unspecified atom stereocenters. The fourth-order valence-electron chi connectivity index (χ4n) is 3.30. The Morgan fingerprint density at radius 3 is 2.57 bits per heavy atom. The van der Waals surface area contributed by atoms with Gasteiger partial charge in [0.2, 0.25) is 5.91 Å². The van der Waals surface area contributed by atoms with Gasteiger partial charge in [-0.05, 0) is 56.6 Å². The number of hydrogen-bond donors (Lipinski definition) is 1. The number of benzene rings is 2. The second-order valence-corrected chi connectivity index (χ2v) is 8.42. The Kier molecular flexibility index (Phi) is 7.18. The summed E-state index contributed by atoms with van der Waals surface area (Å²) in [5.41, 5.74) is 3.62. The van der Waals surface area contributed by atoms with Crippen LogP contribution in [0.1, 0.15) is 41.9 Å². The number of hydrogen-bond acceptors (Lipinski definition) is 4. The molecule has 4 nitrogen and oxygen atoms in total. The lowest BCUT2D eigenvalue weighted by Gasteiger charge is -2.25. The van der Waals surface area contributed by atoms with Crippen LogP contribution >= 0.6 is 11.3 Å². The fourth-order valence-corrected chi connectivity index (χ4v) is 4.31. The van der Waals surface area contributed by atoms with Crippen LogP contribution in [-0.2, 0) is 17.6 Å². The molecule has 3 aromatic rings. The fraction of sp³-hybridized carbons (Fsp3) is 0.391. The smallest absolute Gasteiger partial charge is 0.220 e. The number of aromatic nitrogens is 1. The molecule has 0 aliphatic rings. The van der Waals surface area contributed by atoms with Gasteiger partial charge < -0.3 is 10.2 Å². The van der Waals surface area contributed by atoms with Crippen LogP contribution < -0.4 is 5.32 Å². The van der Waals surface area contributed by atoms with Gasteiger partial charge in [0.25, 0.3) is 0 Å². The van der Waals surface area contributed by atoms with E-state index in [1.54, 1.807) is 11.3 Å². The van der Waals surface area contributed by atoms with Gasteiger partial charge in [-0.15, -0.1) is 11.3 Å². The number of nitrogens with zero attached hydrogens (tertiary/aromatic N) is 2. The Morgan fingerprint density at radius 2 is 1.89 bits per heavy atom. The van der Waals surface area contributed by atoms with Crippen molar-refractivity contribution in [2.75, 3.05) is 20.6 Å². The summed E-state index contributed by atoms with van der Waals surface area (Å²) in [5, 5.41) is 4.21. The summed E-state index contributed by atoms with van der Waals surface area (Å²) in [6.45, 7) is 2.78. The molecule has 1 atom stereocenters. The summed E-state index contributed by atoms with van der Waals surface area (Å²) in [7, 11) is 4.11. The Morgan fingerprint density at radius 1 is 1.14 bits per heavy atom. The SMILES string of the molecule is CCc1ccc(C(CNC(=O)CCCc2nc3ccccc3s2)N(C)C)cc1.